The Morgan fingerprint density at radius 3 is 2.70 bits per heavy atom. The molecule has 3 aromatic rings. The summed E-state index contributed by atoms with van der Waals surface area (Å²) in [6.45, 7) is 2.12. The van der Waals surface area contributed by atoms with Crippen LogP contribution in [0.5, 0.6) is 0 Å². The molecule has 0 fully saturated rings. The quantitative estimate of drug-likeness (QED) is 0.744. The minimum Gasteiger partial charge on any atom is -0.477 e. The van der Waals surface area contributed by atoms with Crippen molar-refractivity contribution in [3.8, 4) is 0 Å². The van der Waals surface area contributed by atoms with Crippen molar-refractivity contribution in [2.45, 2.75) is 19.9 Å². The summed E-state index contributed by atoms with van der Waals surface area (Å²) < 4.78 is 6.86. The highest BCUT2D eigenvalue weighted by Gasteiger charge is 2.19. The van der Waals surface area contributed by atoms with E-state index < -0.39 is 16.8 Å². The molecule has 1 aromatic carbocycles. The van der Waals surface area contributed by atoms with Gasteiger partial charge in [0.2, 0.25) is 16.4 Å². The molecule has 0 saturated carbocycles. The van der Waals surface area contributed by atoms with Crippen molar-refractivity contribution in [2.75, 3.05) is 0 Å². The van der Waals surface area contributed by atoms with Gasteiger partial charge in [-0.1, -0.05) is 18.5 Å². The van der Waals surface area contributed by atoms with Crippen LogP contribution < -0.4 is 10.9 Å². The van der Waals surface area contributed by atoms with Gasteiger partial charge in [-0.15, -0.1) is 0 Å². The van der Waals surface area contributed by atoms with Gasteiger partial charge in [-0.05, 0) is 24.6 Å². The maximum atomic E-state index is 12.8. The topological polar surface area (TPSA) is 89.5 Å². The summed E-state index contributed by atoms with van der Waals surface area (Å²) in [6.07, 6.45) is 0.589. The highest BCUT2D eigenvalue weighted by Crippen LogP contribution is 2.21. The molecule has 7 heteroatoms. The van der Waals surface area contributed by atoms with Crippen molar-refractivity contribution in [3.05, 3.63) is 55.4 Å². The van der Waals surface area contributed by atoms with E-state index in [4.69, 9.17) is 16.0 Å². The molecule has 3 rings (SSSR count). The van der Waals surface area contributed by atoms with Gasteiger partial charge >= 0.3 is 5.97 Å². The molecule has 0 aliphatic carbocycles. The van der Waals surface area contributed by atoms with Crippen molar-refractivity contribution in [1.82, 2.24) is 4.57 Å². The molecule has 0 aliphatic rings. The molecule has 0 amide bonds. The summed E-state index contributed by atoms with van der Waals surface area (Å²) in [5.41, 5.74) is -1.32. The summed E-state index contributed by atoms with van der Waals surface area (Å²) in [5.74, 6) is -1.27. The Balaban J connectivity index is 2.61. The summed E-state index contributed by atoms with van der Waals surface area (Å²) in [6, 6.07) is 5.48. The predicted molar refractivity (Wildman–Crippen MR) is 86.5 cm³/mol. The van der Waals surface area contributed by atoms with Gasteiger partial charge in [-0.3, -0.25) is 9.59 Å². The Labute approximate surface area is 134 Å². The maximum absolute atomic E-state index is 12.8. The van der Waals surface area contributed by atoms with Gasteiger partial charge in [0.1, 0.15) is 16.8 Å². The monoisotopic (exact) mass is 333 g/mol. The molecular weight excluding hydrogens is 322 g/mol. The van der Waals surface area contributed by atoms with E-state index in [0.29, 0.717) is 11.4 Å². The molecule has 6 nitrogen and oxygen atoms in total. The van der Waals surface area contributed by atoms with Crippen molar-refractivity contribution < 1.29 is 14.3 Å². The third kappa shape index (κ3) is 2.41. The molecular formula is C16H12ClNO5. The number of aryl methyl sites for hydroxylation is 1. The predicted octanol–water partition coefficient (Wildman–Crippen LogP) is 2.87. The van der Waals surface area contributed by atoms with Gasteiger partial charge in [0.05, 0.1) is 5.39 Å². The lowest BCUT2D eigenvalue weighted by molar-refractivity contribution is 0.0684. The minimum absolute atomic E-state index is 0.0495. The normalized spacial score (nSPS) is 11.2. The lowest BCUT2D eigenvalue weighted by atomic mass is 10.1. The van der Waals surface area contributed by atoms with E-state index in [0.717, 1.165) is 6.07 Å². The number of aromatic nitrogens is 1. The lowest BCUT2D eigenvalue weighted by Gasteiger charge is -2.13. The van der Waals surface area contributed by atoms with Crippen molar-refractivity contribution in [1.29, 1.82) is 0 Å². The number of pyridine rings is 1. The number of fused-ring (bicyclic) bond motifs is 2. The molecule has 1 N–H and O–H groups in total. The number of rotatable bonds is 3. The lowest BCUT2D eigenvalue weighted by Crippen LogP contribution is -2.23. The number of carboxylic acids is 1. The second-order valence-electron chi connectivity index (χ2n) is 5.10. The fraction of sp³-hybridized carbons (Fsp3) is 0.188. The number of hydrogen-bond acceptors (Lipinski definition) is 4. The summed E-state index contributed by atoms with van der Waals surface area (Å²) >= 11 is 5.91. The minimum atomic E-state index is -1.27. The first-order valence-corrected chi connectivity index (χ1v) is 7.35. The molecule has 118 valence electrons. The van der Waals surface area contributed by atoms with Crippen LogP contribution in [0.3, 0.4) is 0 Å². The number of carboxylic acid groups (broad SMARTS) is 1. The van der Waals surface area contributed by atoms with Crippen LogP contribution in [-0.4, -0.2) is 15.6 Å². The van der Waals surface area contributed by atoms with Crippen LogP contribution >= 0.6 is 11.6 Å². The third-order valence-corrected chi connectivity index (χ3v) is 3.78. The van der Waals surface area contributed by atoms with Crippen LogP contribution in [0.1, 0.15) is 23.8 Å². The van der Waals surface area contributed by atoms with Gasteiger partial charge in [-0.2, -0.15) is 0 Å². The Morgan fingerprint density at radius 1 is 1.30 bits per heavy atom. The van der Waals surface area contributed by atoms with Gasteiger partial charge in [0, 0.05) is 17.6 Å². The fourth-order valence-electron chi connectivity index (χ4n) is 2.59. The molecule has 0 saturated heterocycles. The SMILES string of the molecule is CCCn1c(C(=O)O)cc(=O)c2oc3ccc(Cl)cc3c(=O)c21. The van der Waals surface area contributed by atoms with E-state index >= 15 is 0 Å². The van der Waals surface area contributed by atoms with E-state index in [2.05, 4.69) is 0 Å². The van der Waals surface area contributed by atoms with Crippen LogP contribution in [0.2, 0.25) is 5.02 Å². The molecule has 0 aliphatic heterocycles. The molecule has 0 atom stereocenters. The number of halogens is 1. The van der Waals surface area contributed by atoms with Gasteiger partial charge < -0.3 is 14.1 Å². The van der Waals surface area contributed by atoms with Crippen LogP contribution in [0.25, 0.3) is 22.1 Å². The zero-order valence-electron chi connectivity index (χ0n) is 12.1. The summed E-state index contributed by atoms with van der Waals surface area (Å²) in [7, 11) is 0. The van der Waals surface area contributed by atoms with Gasteiger partial charge in [-0.25, -0.2) is 4.79 Å². The van der Waals surface area contributed by atoms with E-state index in [1.807, 2.05) is 6.92 Å². The van der Waals surface area contributed by atoms with E-state index in [1.165, 1.54) is 16.7 Å². The zero-order chi connectivity index (χ0) is 16.7. The van der Waals surface area contributed by atoms with Crippen molar-refractivity contribution in [2.24, 2.45) is 0 Å². The number of nitrogens with zero attached hydrogens (tertiary/aromatic N) is 1. The molecule has 0 radical (unpaired) electrons. The Hall–Kier alpha value is -2.60. The Bertz CT molecular complexity index is 1060. The Morgan fingerprint density at radius 2 is 2.04 bits per heavy atom. The number of benzene rings is 1. The smallest absolute Gasteiger partial charge is 0.352 e. The van der Waals surface area contributed by atoms with Gasteiger partial charge in [0.25, 0.3) is 0 Å². The van der Waals surface area contributed by atoms with E-state index in [-0.39, 0.29) is 34.3 Å². The standard InChI is InChI=1S/C16H12ClNO5/c1-2-5-18-10(16(21)22)7-11(19)15-13(18)14(20)9-6-8(17)3-4-12(9)23-15/h3-4,6-7H,2,5H2,1H3,(H,21,22). The van der Waals surface area contributed by atoms with E-state index in [9.17, 15) is 19.5 Å². The van der Waals surface area contributed by atoms with Crippen LogP contribution in [0.4, 0.5) is 0 Å². The fourth-order valence-corrected chi connectivity index (χ4v) is 2.76. The average Bonchev–Trinajstić information content (AvgIpc) is 2.50. The summed E-state index contributed by atoms with van der Waals surface area (Å²) in [4.78, 5) is 36.4. The first-order valence-electron chi connectivity index (χ1n) is 6.97. The molecule has 23 heavy (non-hydrogen) atoms. The first-order chi connectivity index (χ1) is 10.9. The zero-order valence-corrected chi connectivity index (χ0v) is 12.9. The molecule has 0 spiro atoms. The third-order valence-electron chi connectivity index (χ3n) is 3.55. The van der Waals surface area contributed by atoms with Crippen molar-refractivity contribution >= 4 is 39.6 Å². The Kier molecular flexibility index (Phi) is 3.69. The molecule has 0 unspecified atom stereocenters. The van der Waals surface area contributed by atoms with Crippen LogP contribution in [-0.2, 0) is 6.54 Å². The first kappa shape index (κ1) is 15.3. The number of aromatic carboxylic acids is 1. The second kappa shape index (κ2) is 5.55. The molecule has 0 bridgehead atoms. The van der Waals surface area contributed by atoms with Crippen LogP contribution in [0.15, 0.2) is 38.3 Å². The summed E-state index contributed by atoms with van der Waals surface area (Å²) in [5, 5.41) is 9.87. The number of hydrogen-bond donors (Lipinski definition) is 1. The molecule has 2 aromatic heterocycles. The van der Waals surface area contributed by atoms with Crippen LogP contribution in [0, 0.1) is 0 Å². The van der Waals surface area contributed by atoms with Gasteiger partial charge in [0.15, 0.2) is 0 Å². The highest BCUT2D eigenvalue weighted by molar-refractivity contribution is 6.31. The highest BCUT2D eigenvalue weighted by atomic mass is 35.5. The van der Waals surface area contributed by atoms with Crippen molar-refractivity contribution in [3.63, 3.8) is 0 Å². The van der Waals surface area contributed by atoms with E-state index in [1.54, 1.807) is 6.07 Å². The largest absolute Gasteiger partial charge is 0.477 e. The molecule has 2 heterocycles. The maximum Gasteiger partial charge on any atom is 0.352 e. The number of carbonyl (C=O) groups is 1. The second-order valence-corrected chi connectivity index (χ2v) is 5.54. The average molecular weight is 334 g/mol.